The third-order valence-corrected chi connectivity index (χ3v) is 2.93. The van der Waals surface area contributed by atoms with Crippen LogP contribution in [0.15, 0.2) is 12.3 Å². The van der Waals surface area contributed by atoms with Gasteiger partial charge in [-0.1, -0.05) is 0 Å². The molecular formula is C5H3IN2S. The van der Waals surface area contributed by atoms with E-state index in [1.54, 1.807) is 11.3 Å². The molecule has 2 aromatic heterocycles. The van der Waals surface area contributed by atoms with Crippen molar-refractivity contribution in [3.8, 4) is 0 Å². The molecule has 0 fully saturated rings. The van der Waals surface area contributed by atoms with E-state index in [0.29, 0.717) is 0 Å². The van der Waals surface area contributed by atoms with Crippen molar-refractivity contribution in [3.05, 3.63) is 15.1 Å². The maximum atomic E-state index is 3.88. The van der Waals surface area contributed by atoms with E-state index in [2.05, 4.69) is 38.9 Å². The summed E-state index contributed by atoms with van der Waals surface area (Å²) >= 11 is 4.05. The average molecular weight is 250 g/mol. The minimum atomic E-state index is 1.14. The quantitative estimate of drug-likeness (QED) is 0.713. The van der Waals surface area contributed by atoms with E-state index in [0.717, 1.165) is 5.52 Å². The Labute approximate surface area is 69.4 Å². The van der Waals surface area contributed by atoms with E-state index in [-0.39, 0.29) is 0 Å². The van der Waals surface area contributed by atoms with Crippen molar-refractivity contribution in [2.24, 2.45) is 0 Å². The molecule has 46 valence electrons. The highest BCUT2D eigenvalue weighted by Crippen LogP contribution is 2.23. The first-order chi connectivity index (χ1) is 4.36. The highest BCUT2D eigenvalue weighted by atomic mass is 127. The average Bonchev–Trinajstić information content (AvgIpc) is 2.22. The van der Waals surface area contributed by atoms with E-state index >= 15 is 0 Å². The molecule has 0 aliphatic rings. The Morgan fingerprint density at radius 2 is 2.56 bits per heavy atom. The fraction of sp³-hybridized carbons (Fsp3) is 0. The topological polar surface area (TPSA) is 28.7 Å². The van der Waals surface area contributed by atoms with Crippen molar-refractivity contribution in [2.75, 3.05) is 0 Å². The Kier molecular flexibility index (Phi) is 1.23. The maximum absolute atomic E-state index is 3.88. The smallest absolute Gasteiger partial charge is 0.0769 e. The van der Waals surface area contributed by atoms with Gasteiger partial charge < -0.3 is 0 Å². The Morgan fingerprint density at radius 1 is 1.67 bits per heavy atom. The van der Waals surface area contributed by atoms with Crippen LogP contribution in [-0.4, -0.2) is 10.2 Å². The van der Waals surface area contributed by atoms with Crippen LogP contribution in [0.5, 0.6) is 0 Å². The van der Waals surface area contributed by atoms with Gasteiger partial charge in [0.25, 0.3) is 0 Å². The van der Waals surface area contributed by atoms with Crippen molar-refractivity contribution in [1.82, 2.24) is 10.2 Å². The molecular weight excluding hydrogens is 247 g/mol. The van der Waals surface area contributed by atoms with Crippen LogP contribution >= 0.6 is 33.9 Å². The molecule has 0 aliphatic heterocycles. The van der Waals surface area contributed by atoms with Crippen LogP contribution in [0.2, 0.25) is 0 Å². The number of fused-ring (bicyclic) bond motifs is 1. The van der Waals surface area contributed by atoms with E-state index < -0.39 is 0 Å². The highest BCUT2D eigenvalue weighted by Gasteiger charge is 1.97. The van der Waals surface area contributed by atoms with Gasteiger partial charge in [-0.05, 0) is 28.7 Å². The summed E-state index contributed by atoms with van der Waals surface area (Å²) in [5.74, 6) is 0. The molecule has 0 saturated carbocycles. The number of aromatic amines is 1. The summed E-state index contributed by atoms with van der Waals surface area (Å²) < 4.78 is 2.54. The van der Waals surface area contributed by atoms with Gasteiger partial charge in [0.15, 0.2) is 0 Å². The molecule has 4 heteroatoms. The summed E-state index contributed by atoms with van der Waals surface area (Å²) in [5.41, 5.74) is 1.14. The second-order valence-corrected chi connectivity index (χ2v) is 4.68. The fourth-order valence-electron chi connectivity index (χ4n) is 0.718. The molecule has 2 aromatic rings. The van der Waals surface area contributed by atoms with Gasteiger partial charge in [-0.25, -0.2) is 0 Å². The largest absolute Gasteiger partial charge is 0.277 e. The summed E-state index contributed by atoms with van der Waals surface area (Å²) in [6.07, 6.45) is 1.85. The number of thiophene rings is 1. The number of nitrogens with zero attached hydrogens (tertiary/aromatic N) is 1. The minimum absolute atomic E-state index is 1.14. The molecule has 0 amide bonds. The molecule has 1 N–H and O–H groups in total. The van der Waals surface area contributed by atoms with Gasteiger partial charge in [0.2, 0.25) is 0 Å². The maximum Gasteiger partial charge on any atom is 0.0769 e. The molecule has 0 bridgehead atoms. The predicted molar refractivity (Wildman–Crippen MR) is 46.7 cm³/mol. The van der Waals surface area contributed by atoms with E-state index in [1.165, 1.54) is 7.58 Å². The zero-order chi connectivity index (χ0) is 6.27. The zero-order valence-electron chi connectivity index (χ0n) is 4.39. The lowest BCUT2D eigenvalue weighted by molar-refractivity contribution is 1.12. The molecule has 0 spiro atoms. The first-order valence-corrected chi connectivity index (χ1v) is 4.34. The summed E-state index contributed by atoms with van der Waals surface area (Å²) in [5, 5.41) is 6.78. The van der Waals surface area contributed by atoms with Crippen molar-refractivity contribution < 1.29 is 0 Å². The summed E-state index contributed by atoms with van der Waals surface area (Å²) in [4.78, 5) is 0. The molecule has 2 heterocycles. The molecule has 0 unspecified atom stereocenters. The van der Waals surface area contributed by atoms with Gasteiger partial charge in [0, 0.05) is 0 Å². The normalized spacial score (nSPS) is 10.8. The third kappa shape index (κ3) is 0.858. The molecule has 0 saturated heterocycles. The van der Waals surface area contributed by atoms with E-state index in [9.17, 15) is 0 Å². The first kappa shape index (κ1) is 5.67. The van der Waals surface area contributed by atoms with Crippen LogP contribution < -0.4 is 0 Å². The molecule has 0 aliphatic carbocycles. The Balaban J connectivity index is 2.92. The van der Waals surface area contributed by atoms with E-state index in [4.69, 9.17) is 0 Å². The van der Waals surface area contributed by atoms with Crippen molar-refractivity contribution in [2.45, 2.75) is 0 Å². The summed E-state index contributed by atoms with van der Waals surface area (Å²) in [6.45, 7) is 0. The van der Waals surface area contributed by atoms with Crippen LogP contribution in [0.25, 0.3) is 10.2 Å². The number of aromatic nitrogens is 2. The van der Waals surface area contributed by atoms with E-state index in [1.807, 2.05) is 6.20 Å². The van der Waals surface area contributed by atoms with Gasteiger partial charge >= 0.3 is 0 Å². The highest BCUT2D eigenvalue weighted by molar-refractivity contribution is 14.1. The molecule has 0 aromatic carbocycles. The molecule has 9 heavy (non-hydrogen) atoms. The lowest BCUT2D eigenvalue weighted by Gasteiger charge is -1.68. The summed E-state index contributed by atoms with van der Waals surface area (Å²) in [7, 11) is 0. The standard InChI is InChI=1S/C5H3IN2S/c6-5-1-3-4(9-5)2-7-8-3/h1-2H,(H,7,8). The van der Waals surface area contributed by atoms with Crippen molar-refractivity contribution >= 4 is 44.1 Å². The molecule has 2 nitrogen and oxygen atoms in total. The fourth-order valence-corrected chi connectivity index (χ4v) is 2.45. The van der Waals surface area contributed by atoms with Crippen LogP contribution in [0.1, 0.15) is 0 Å². The van der Waals surface area contributed by atoms with Gasteiger partial charge in [-0.3, -0.25) is 5.10 Å². The first-order valence-electron chi connectivity index (χ1n) is 2.45. The lowest BCUT2D eigenvalue weighted by atomic mass is 10.5. The lowest BCUT2D eigenvalue weighted by Crippen LogP contribution is -1.60. The monoisotopic (exact) mass is 250 g/mol. The van der Waals surface area contributed by atoms with Gasteiger partial charge in [-0.2, -0.15) is 5.10 Å². The number of hydrogen-bond acceptors (Lipinski definition) is 2. The zero-order valence-corrected chi connectivity index (χ0v) is 7.36. The Bertz CT molecular complexity index is 296. The Hall–Kier alpha value is -0.100. The number of nitrogens with one attached hydrogen (secondary N) is 1. The molecule has 0 radical (unpaired) electrons. The van der Waals surface area contributed by atoms with Gasteiger partial charge in [0.05, 0.1) is 19.3 Å². The molecule has 0 atom stereocenters. The predicted octanol–water partition coefficient (Wildman–Crippen LogP) is 2.23. The number of hydrogen-bond donors (Lipinski definition) is 1. The summed E-state index contributed by atoms with van der Waals surface area (Å²) in [6, 6.07) is 2.09. The van der Waals surface area contributed by atoms with Crippen LogP contribution in [0.3, 0.4) is 0 Å². The van der Waals surface area contributed by atoms with Gasteiger partial charge in [0.1, 0.15) is 0 Å². The van der Waals surface area contributed by atoms with Gasteiger partial charge in [-0.15, -0.1) is 11.3 Å². The Morgan fingerprint density at radius 3 is 3.33 bits per heavy atom. The number of rotatable bonds is 0. The van der Waals surface area contributed by atoms with Crippen molar-refractivity contribution in [1.29, 1.82) is 0 Å². The number of halogens is 1. The number of H-pyrrole nitrogens is 1. The van der Waals surface area contributed by atoms with Crippen LogP contribution in [0.4, 0.5) is 0 Å². The second kappa shape index (κ2) is 1.95. The van der Waals surface area contributed by atoms with Crippen LogP contribution in [-0.2, 0) is 0 Å². The minimum Gasteiger partial charge on any atom is -0.277 e. The van der Waals surface area contributed by atoms with Crippen LogP contribution in [0, 0.1) is 2.88 Å². The SMILES string of the molecule is Ic1cc2[nH]ncc2s1. The third-order valence-electron chi connectivity index (χ3n) is 1.10. The van der Waals surface area contributed by atoms with Crippen molar-refractivity contribution in [3.63, 3.8) is 0 Å². The molecule has 2 rings (SSSR count). The second-order valence-electron chi connectivity index (χ2n) is 1.70.